The number of Topliss-reactive ketones (excluding diaryl/α,β-unsaturated/α-hetero) is 1. The molecule has 5 heteroatoms. The molecule has 148 valence electrons. The number of fused-ring (bicyclic) bond motifs is 2. The highest BCUT2D eigenvalue weighted by atomic mass is 16.5. The predicted molar refractivity (Wildman–Crippen MR) is 112 cm³/mol. The van der Waals surface area contributed by atoms with Crippen LogP contribution in [0.3, 0.4) is 0 Å². The minimum Gasteiger partial charge on any atom is -0.492 e. The molecule has 0 unspecified atom stereocenters. The third kappa shape index (κ3) is 3.38. The number of para-hydroxylation sites is 1. The first-order valence-corrected chi connectivity index (χ1v) is 9.65. The van der Waals surface area contributed by atoms with E-state index in [2.05, 4.69) is 0 Å². The van der Waals surface area contributed by atoms with Gasteiger partial charge in [-0.25, -0.2) is 0 Å². The van der Waals surface area contributed by atoms with Crippen molar-refractivity contribution in [3.8, 4) is 5.75 Å². The van der Waals surface area contributed by atoms with Crippen LogP contribution in [-0.4, -0.2) is 29.9 Å². The first-order valence-electron chi connectivity index (χ1n) is 9.65. The lowest BCUT2D eigenvalue weighted by Gasteiger charge is -2.22. The maximum Gasteiger partial charge on any atom is 0.264 e. The second kappa shape index (κ2) is 7.33. The van der Waals surface area contributed by atoms with Crippen LogP contribution in [0, 0.1) is 6.92 Å². The number of ether oxygens (including phenoxy) is 1. The van der Waals surface area contributed by atoms with Gasteiger partial charge in [0.25, 0.3) is 5.91 Å². The van der Waals surface area contributed by atoms with E-state index in [1.54, 1.807) is 12.1 Å². The number of ketones is 1. The first kappa shape index (κ1) is 19.2. The summed E-state index contributed by atoms with van der Waals surface area (Å²) >= 11 is 0. The van der Waals surface area contributed by atoms with Crippen molar-refractivity contribution in [3.63, 3.8) is 0 Å². The van der Waals surface area contributed by atoms with Gasteiger partial charge in [-0.05, 0) is 42.3 Å². The SMILES string of the molecule is CC(=O)C[C@]1(O)C(=O)N(CCOc2ccc3ccccc3c2)c2c(C)cccc21. The Morgan fingerprint density at radius 3 is 2.59 bits per heavy atom. The fourth-order valence-corrected chi connectivity index (χ4v) is 4.05. The summed E-state index contributed by atoms with van der Waals surface area (Å²) in [5, 5.41) is 13.3. The van der Waals surface area contributed by atoms with Gasteiger partial charge in [-0.1, -0.05) is 48.5 Å². The molecule has 1 aliphatic heterocycles. The summed E-state index contributed by atoms with van der Waals surface area (Å²) < 4.78 is 5.89. The van der Waals surface area contributed by atoms with Crippen LogP contribution in [0.25, 0.3) is 10.8 Å². The van der Waals surface area contributed by atoms with Crippen LogP contribution >= 0.6 is 0 Å². The Morgan fingerprint density at radius 1 is 1.07 bits per heavy atom. The molecule has 1 amide bonds. The van der Waals surface area contributed by atoms with Gasteiger partial charge in [-0.2, -0.15) is 0 Å². The number of carbonyl (C=O) groups excluding carboxylic acids is 2. The number of hydrogen-bond donors (Lipinski definition) is 1. The second-order valence-corrected chi connectivity index (χ2v) is 7.52. The molecule has 0 bridgehead atoms. The van der Waals surface area contributed by atoms with Crippen molar-refractivity contribution in [2.24, 2.45) is 0 Å². The summed E-state index contributed by atoms with van der Waals surface area (Å²) in [5.74, 6) is 0.0148. The average Bonchev–Trinajstić information content (AvgIpc) is 2.90. The Kier molecular flexibility index (Phi) is 4.84. The molecule has 5 nitrogen and oxygen atoms in total. The Hall–Kier alpha value is -3.18. The molecule has 0 spiro atoms. The van der Waals surface area contributed by atoms with Crippen molar-refractivity contribution in [1.82, 2.24) is 0 Å². The Bertz CT molecular complexity index is 1110. The minimum atomic E-state index is -1.81. The molecule has 0 radical (unpaired) electrons. The molecule has 0 saturated carbocycles. The average molecular weight is 389 g/mol. The number of carbonyl (C=O) groups is 2. The molecule has 1 heterocycles. The van der Waals surface area contributed by atoms with Crippen molar-refractivity contribution in [2.75, 3.05) is 18.1 Å². The van der Waals surface area contributed by atoms with Crippen LogP contribution in [0.1, 0.15) is 24.5 Å². The lowest BCUT2D eigenvalue weighted by atomic mass is 9.89. The molecule has 0 saturated heterocycles. The highest BCUT2D eigenvalue weighted by Gasteiger charge is 2.50. The molecule has 29 heavy (non-hydrogen) atoms. The summed E-state index contributed by atoms with van der Waals surface area (Å²) in [6.07, 6.45) is -0.232. The molecule has 0 aromatic heterocycles. The van der Waals surface area contributed by atoms with Gasteiger partial charge in [0.05, 0.1) is 12.2 Å². The van der Waals surface area contributed by atoms with Gasteiger partial charge in [-0.15, -0.1) is 0 Å². The van der Waals surface area contributed by atoms with Gasteiger partial charge in [-0.3, -0.25) is 9.59 Å². The number of aliphatic hydroxyl groups is 1. The van der Waals surface area contributed by atoms with E-state index in [1.165, 1.54) is 11.8 Å². The molecule has 1 N–H and O–H groups in total. The molecule has 0 fully saturated rings. The number of anilines is 1. The van der Waals surface area contributed by atoms with Crippen LogP contribution in [-0.2, 0) is 15.2 Å². The summed E-state index contributed by atoms with van der Waals surface area (Å²) in [4.78, 5) is 26.3. The van der Waals surface area contributed by atoms with Crippen LogP contribution in [0.5, 0.6) is 5.75 Å². The van der Waals surface area contributed by atoms with E-state index in [-0.39, 0.29) is 25.4 Å². The van der Waals surface area contributed by atoms with Crippen LogP contribution < -0.4 is 9.64 Å². The summed E-state index contributed by atoms with van der Waals surface area (Å²) in [6, 6.07) is 19.3. The molecule has 4 rings (SSSR count). The standard InChI is InChI=1S/C24H23NO4/c1-16-6-5-9-21-22(16)25(23(27)24(21,28)15-17(2)26)12-13-29-20-11-10-18-7-3-4-8-19(18)14-20/h3-11,14,28H,12-13,15H2,1-2H3/t24-/m1/s1. The van der Waals surface area contributed by atoms with Gasteiger partial charge in [0, 0.05) is 12.0 Å². The number of rotatable bonds is 6. The Balaban J connectivity index is 1.55. The summed E-state index contributed by atoms with van der Waals surface area (Å²) in [7, 11) is 0. The van der Waals surface area contributed by atoms with Gasteiger partial charge in [0.1, 0.15) is 18.1 Å². The van der Waals surface area contributed by atoms with E-state index in [9.17, 15) is 14.7 Å². The van der Waals surface area contributed by atoms with Crippen molar-refractivity contribution in [3.05, 3.63) is 71.8 Å². The number of amides is 1. The lowest BCUT2D eigenvalue weighted by Crippen LogP contribution is -2.43. The van der Waals surface area contributed by atoms with Gasteiger partial charge < -0.3 is 14.7 Å². The smallest absolute Gasteiger partial charge is 0.264 e. The number of hydrogen-bond acceptors (Lipinski definition) is 4. The van der Waals surface area contributed by atoms with Gasteiger partial charge >= 0.3 is 0 Å². The molecular formula is C24H23NO4. The largest absolute Gasteiger partial charge is 0.492 e. The molecule has 1 aliphatic rings. The number of benzene rings is 3. The highest BCUT2D eigenvalue weighted by Crippen LogP contribution is 2.44. The summed E-state index contributed by atoms with van der Waals surface area (Å²) in [5.41, 5.74) is 0.226. The van der Waals surface area contributed by atoms with Crippen LogP contribution in [0.15, 0.2) is 60.7 Å². The highest BCUT2D eigenvalue weighted by molar-refractivity contribution is 6.09. The van der Waals surface area contributed by atoms with Gasteiger partial charge in [0.15, 0.2) is 5.60 Å². The maximum absolute atomic E-state index is 13.1. The number of nitrogens with zero attached hydrogens (tertiary/aromatic N) is 1. The fraction of sp³-hybridized carbons (Fsp3) is 0.250. The zero-order valence-electron chi connectivity index (χ0n) is 16.5. The van der Waals surface area contributed by atoms with E-state index < -0.39 is 11.5 Å². The van der Waals surface area contributed by atoms with E-state index in [1.807, 2.05) is 55.5 Å². The van der Waals surface area contributed by atoms with Crippen LogP contribution in [0.4, 0.5) is 5.69 Å². The normalized spacial score (nSPS) is 18.2. The van der Waals surface area contributed by atoms with Crippen molar-refractivity contribution < 1.29 is 19.4 Å². The van der Waals surface area contributed by atoms with E-state index in [0.29, 0.717) is 11.3 Å². The molecule has 0 aliphatic carbocycles. The van der Waals surface area contributed by atoms with Crippen molar-refractivity contribution in [2.45, 2.75) is 25.9 Å². The molecule has 3 aromatic rings. The minimum absolute atomic E-state index is 0.232. The molecule has 1 atom stereocenters. The van der Waals surface area contributed by atoms with E-state index >= 15 is 0 Å². The first-order chi connectivity index (χ1) is 13.9. The third-order valence-electron chi connectivity index (χ3n) is 5.36. The number of aryl methyl sites for hydroxylation is 1. The Labute approximate surface area is 169 Å². The predicted octanol–water partition coefficient (Wildman–Crippen LogP) is 3.74. The zero-order chi connectivity index (χ0) is 20.6. The van der Waals surface area contributed by atoms with Crippen molar-refractivity contribution in [1.29, 1.82) is 0 Å². The van der Waals surface area contributed by atoms with Crippen LogP contribution in [0.2, 0.25) is 0 Å². The topological polar surface area (TPSA) is 66.8 Å². The third-order valence-corrected chi connectivity index (χ3v) is 5.36. The zero-order valence-corrected chi connectivity index (χ0v) is 16.5. The van der Waals surface area contributed by atoms with E-state index in [4.69, 9.17) is 4.74 Å². The maximum atomic E-state index is 13.1. The summed E-state index contributed by atoms with van der Waals surface area (Å²) in [6.45, 7) is 3.83. The monoisotopic (exact) mass is 389 g/mol. The molecular weight excluding hydrogens is 366 g/mol. The quantitative estimate of drug-likeness (QED) is 0.697. The second-order valence-electron chi connectivity index (χ2n) is 7.52. The van der Waals surface area contributed by atoms with Gasteiger partial charge in [0.2, 0.25) is 0 Å². The lowest BCUT2D eigenvalue weighted by molar-refractivity contribution is -0.141. The van der Waals surface area contributed by atoms with E-state index in [0.717, 1.165) is 22.1 Å². The fourth-order valence-electron chi connectivity index (χ4n) is 4.05. The Morgan fingerprint density at radius 2 is 1.83 bits per heavy atom. The molecule has 3 aromatic carbocycles. The van der Waals surface area contributed by atoms with Crippen molar-refractivity contribution >= 4 is 28.2 Å².